The van der Waals surface area contributed by atoms with Crippen LogP contribution in [0.15, 0.2) is 18.6 Å². The van der Waals surface area contributed by atoms with Crippen molar-refractivity contribution < 1.29 is 4.79 Å². The molecular formula is C13H16N4O. The van der Waals surface area contributed by atoms with Crippen molar-refractivity contribution in [2.24, 2.45) is 13.0 Å². The number of pyridine rings is 1. The molecule has 1 fully saturated rings. The molecule has 5 nitrogen and oxygen atoms in total. The smallest absolute Gasteiger partial charge is 0.156 e. The number of carbonyl (C=O) groups excluding carboxylic acids is 1. The van der Waals surface area contributed by atoms with Gasteiger partial charge in [-0.05, 0) is 18.9 Å². The first-order valence-corrected chi connectivity index (χ1v) is 6.26. The zero-order chi connectivity index (χ0) is 12.5. The van der Waals surface area contributed by atoms with Gasteiger partial charge >= 0.3 is 0 Å². The van der Waals surface area contributed by atoms with Crippen molar-refractivity contribution in [3.05, 3.63) is 18.6 Å². The van der Waals surface area contributed by atoms with Crippen LogP contribution in [0.4, 0.5) is 5.82 Å². The van der Waals surface area contributed by atoms with Crippen molar-refractivity contribution in [2.75, 3.05) is 18.0 Å². The standard InChI is InChI=1S/C13H16N4O/c1-16-9-15-12-11(16)2-5-14-13(12)17-6-3-10(8-18)4-7-17/h2,5,8-10H,3-4,6-7H2,1H3. The summed E-state index contributed by atoms with van der Waals surface area (Å²) in [6.45, 7) is 1.76. The van der Waals surface area contributed by atoms with E-state index in [1.807, 2.05) is 30.2 Å². The Kier molecular flexibility index (Phi) is 2.74. The zero-order valence-corrected chi connectivity index (χ0v) is 10.4. The fourth-order valence-corrected chi connectivity index (χ4v) is 2.53. The Morgan fingerprint density at radius 2 is 2.11 bits per heavy atom. The van der Waals surface area contributed by atoms with Gasteiger partial charge in [0, 0.05) is 32.3 Å². The molecule has 5 heteroatoms. The second-order valence-corrected chi connectivity index (χ2v) is 4.82. The maximum atomic E-state index is 10.8. The summed E-state index contributed by atoms with van der Waals surface area (Å²) in [7, 11) is 1.98. The largest absolute Gasteiger partial charge is 0.355 e. The number of rotatable bonds is 2. The number of imidazole rings is 1. The lowest BCUT2D eigenvalue weighted by atomic mass is 9.98. The van der Waals surface area contributed by atoms with Gasteiger partial charge in [0.1, 0.15) is 11.8 Å². The number of piperidine rings is 1. The monoisotopic (exact) mass is 244 g/mol. The molecule has 1 aliphatic rings. The lowest BCUT2D eigenvalue weighted by molar-refractivity contribution is -0.111. The van der Waals surface area contributed by atoms with E-state index in [4.69, 9.17) is 0 Å². The Labute approximate surface area is 105 Å². The molecule has 18 heavy (non-hydrogen) atoms. The van der Waals surface area contributed by atoms with Crippen LogP contribution in [-0.4, -0.2) is 33.9 Å². The number of anilines is 1. The third-order valence-electron chi connectivity index (χ3n) is 3.66. The van der Waals surface area contributed by atoms with Crippen LogP contribution in [-0.2, 0) is 11.8 Å². The molecule has 3 heterocycles. The molecule has 0 amide bonds. The highest BCUT2D eigenvalue weighted by atomic mass is 16.1. The minimum atomic E-state index is 0.212. The Bertz CT molecular complexity index is 569. The lowest BCUT2D eigenvalue weighted by Gasteiger charge is -2.30. The maximum absolute atomic E-state index is 10.8. The molecule has 0 unspecified atom stereocenters. The van der Waals surface area contributed by atoms with Crippen molar-refractivity contribution in [3.8, 4) is 0 Å². The Morgan fingerprint density at radius 1 is 1.33 bits per heavy atom. The van der Waals surface area contributed by atoms with Crippen LogP contribution in [0.5, 0.6) is 0 Å². The summed E-state index contributed by atoms with van der Waals surface area (Å²) in [5.41, 5.74) is 2.04. The van der Waals surface area contributed by atoms with Crippen LogP contribution in [0.1, 0.15) is 12.8 Å². The molecule has 1 saturated heterocycles. The van der Waals surface area contributed by atoms with Gasteiger partial charge in [-0.15, -0.1) is 0 Å². The molecular weight excluding hydrogens is 228 g/mol. The van der Waals surface area contributed by atoms with Gasteiger partial charge in [0.2, 0.25) is 0 Å². The van der Waals surface area contributed by atoms with Crippen molar-refractivity contribution in [3.63, 3.8) is 0 Å². The summed E-state index contributed by atoms with van der Waals surface area (Å²) in [5, 5.41) is 0. The number of nitrogens with zero attached hydrogens (tertiary/aromatic N) is 4. The van der Waals surface area contributed by atoms with Gasteiger partial charge in [0.05, 0.1) is 11.8 Å². The van der Waals surface area contributed by atoms with Crippen LogP contribution < -0.4 is 4.90 Å². The lowest BCUT2D eigenvalue weighted by Crippen LogP contribution is -2.34. The normalized spacial score (nSPS) is 17.3. The molecule has 0 saturated carbocycles. The number of aromatic nitrogens is 3. The van der Waals surface area contributed by atoms with E-state index in [1.54, 1.807) is 0 Å². The van der Waals surface area contributed by atoms with Crippen molar-refractivity contribution in [2.45, 2.75) is 12.8 Å². The number of hydrogen-bond donors (Lipinski definition) is 0. The minimum absolute atomic E-state index is 0.212. The van der Waals surface area contributed by atoms with Crippen molar-refractivity contribution >= 4 is 23.1 Å². The molecule has 0 atom stereocenters. The highest BCUT2D eigenvalue weighted by Gasteiger charge is 2.21. The molecule has 0 spiro atoms. The van der Waals surface area contributed by atoms with E-state index in [2.05, 4.69) is 14.9 Å². The van der Waals surface area contributed by atoms with E-state index in [1.165, 1.54) is 0 Å². The van der Waals surface area contributed by atoms with Crippen molar-refractivity contribution in [1.82, 2.24) is 14.5 Å². The van der Waals surface area contributed by atoms with Gasteiger partial charge in [-0.25, -0.2) is 9.97 Å². The summed E-state index contributed by atoms with van der Waals surface area (Å²) in [6.07, 6.45) is 6.54. The number of fused-ring (bicyclic) bond motifs is 1. The minimum Gasteiger partial charge on any atom is -0.355 e. The first-order chi connectivity index (χ1) is 8.79. The summed E-state index contributed by atoms with van der Waals surface area (Å²) >= 11 is 0. The maximum Gasteiger partial charge on any atom is 0.156 e. The van der Waals surface area contributed by atoms with E-state index in [0.29, 0.717) is 0 Å². The third kappa shape index (κ3) is 1.75. The Balaban J connectivity index is 1.93. The van der Waals surface area contributed by atoms with Gasteiger partial charge in [-0.1, -0.05) is 0 Å². The van der Waals surface area contributed by atoms with E-state index in [0.717, 1.165) is 49.1 Å². The molecule has 0 N–H and O–H groups in total. The van der Waals surface area contributed by atoms with E-state index < -0.39 is 0 Å². The highest BCUT2D eigenvalue weighted by Crippen LogP contribution is 2.26. The number of aryl methyl sites for hydroxylation is 1. The number of hydrogen-bond acceptors (Lipinski definition) is 4. The second kappa shape index (κ2) is 4.40. The topological polar surface area (TPSA) is 51.0 Å². The molecule has 1 aliphatic heterocycles. The van der Waals surface area contributed by atoms with Gasteiger partial charge in [-0.2, -0.15) is 0 Å². The van der Waals surface area contributed by atoms with Gasteiger partial charge < -0.3 is 14.3 Å². The van der Waals surface area contributed by atoms with Crippen LogP contribution in [0.2, 0.25) is 0 Å². The van der Waals surface area contributed by atoms with Crippen LogP contribution in [0, 0.1) is 5.92 Å². The summed E-state index contributed by atoms with van der Waals surface area (Å²) < 4.78 is 2.00. The zero-order valence-electron chi connectivity index (χ0n) is 10.4. The molecule has 0 radical (unpaired) electrons. The Hall–Kier alpha value is -1.91. The first kappa shape index (κ1) is 11.2. The first-order valence-electron chi connectivity index (χ1n) is 6.26. The average Bonchev–Trinajstić information content (AvgIpc) is 2.81. The van der Waals surface area contributed by atoms with E-state index in [9.17, 15) is 4.79 Å². The Morgan fingerprint density at radius 3 is 2.83 bits per heavy atom. The van der Waals surface area contributed by atoms with Gasteiger partial charge in [0.15, 0.2) is 5.82 Å². The average molecular weight is 244 g/mol. The van der Waals surface area contributed by atoms with Crippen LogP contribution >= 0.6 is 0 Å². The van der Waals surface area contributed by atoms with Crippen LogP contribution in [0.25, 0.3) is 11.0 Å². The fraction of sp³-hybridized carbons (Fsp3) is 0.462. The predicted octanol–water partition coefficient (Wildman–Crippen LogP) is 1.38. The molecule has 0 aromatic carbocycles. The fourth-order valence-electron chi connectivity index (χ4n) is 2.53. The molecule has 0 aliphatic carbocycles. The van der Waals surface area contributed by atoms with Gasteiger partial charge in [-0.3, -0.25) is 0 Å². The predicted molar refractivity (Wildman–Crippen MR) is 69.5 cm³/mol. The van der Waals surface area contributed by atoms with E-state index in [-0.39, 0.29) is 5.92 Å². The van der Waals surface area contributed by atoms with Crippen LogP contribution in [0.3, 0.4) is 0 Å². The number of aldehydes is 1. The number of carbonyl (C=O) groups is 1. The SMILES string of the molecule is Cn1cnc2c(N3CCC(C=O)CC3)nccc21. The van der Waals surface area contributed by atoms with E-state index >= 15 is 0 Å². The molecule has 0 bridgehead atoms. The summed E-state index contributed by atoms with van der Waals surface area (Å²) in [6, 6.07) is 1.98. The highest BCUT2D eigenvalue weighted by molar-refractivity contribution is 5.86. The summed E-state index contributed by atoms with van der Waals surface area (Å²) in [5.74, 6) is 1.15. The second-order valence-electron chi connectivity index (χ2n) is 4.82. The molecule has 94 valence electrons. The third-order valence-corrected chi connectivity index (χ3v) is 3.66. The van der Waals surface area contributed by atoms with Crippen molar-refractivity contribution in [1.29, 1.82) is 0 Å². The summed E-state index contributed by atoms with van der Waals surface area (Å²) in [4.78, 5) is 21.9. The van der Waals surface area contributed by atoms with Gasteiger partial charge in [0.25, 0.3) is 0 Å². The molecule has 2 aromatic heterocycles. The quantitative estimate of drug-likeness (QED) is 0.749. The molecule has 2 aromatic rings. The molecule has 3 rings (SSSR count).